The van der Waals surface area contributed by atoms with E-state index in [2.05, 4.69) is 5.32 Å². The molecule has 0 spiro atoms. The number of unbranched alkanes of at least 4 members (excludes halogenated alkanes) is 3. The third kappa shape index (κ3) is 7.34. The van der Waals surface area contributed by atoms with Crippen molar-refractivity contribution in [1.82, 2.24) is 5.32 Å². The van der Waals surface area contributed by atoms with Crippen LogP contribution in [0.3, 0.4) is 0 Å². The van der Waals surface area contributed by atoms with Crippen LogP contribution in [-0.2, 0) is 0 Å². The van der Waals surface area contributed by atoms with Gasteiger partial charge in [-0.2, -0.15) is 0 Å². The molecule has 1 rings (SSSR count). The fourth-order valence-corrected chi connectivity index (χ4v) is 1.76. The van der Waals surface area contributed by atoms with Gasteiger partial charge in [0, 0.05) is 6.61 Å². The Morgan fingerprint density at radius 1 is 0.929 bits per heavy atom. The topological polar surface area (TPSA) is 32.3 Å². The Bertz CT molecular complexity index is 123. The highest BCUT2D eigenvalue weighted by Gasteiger charge is 2.19. The second-order valence-corrected chi connectivity index (χ2v) is 4.47. The summed E-state index contributed by atoms with van der Waals surface area (Å²) in [6, 6.07) is 0. The van der Waals surface area contributed by atoms with Gasteiger partial charge in [0.15, 0.2) is 0 Å². The molecule has 1 saturated carbocycles. The first kappa shape index (κ1) is 12.0. The molecule has 0 aromatic rings. The molecule has 0 unspecified atom stereocenters. The van der Waals surface area contributed by atoms with Crippen molar-refractivity contribution < 1.29 is 5.11 Å². The van der Waals surface area contributed by atoms with Crippen molar-refractivity contribution in [1.29, 1.82) is 0 Å². The lowest BCUT2D eigenvalue weighted by Crippen LogP contribution is -2.16. The summed E-state index contributed by atoms with van der Waals surface area (Å²) in [5.74, 6) is 1.08. The molecule has 0 aliphatic heterocycles. The van der Waals surface area contributed by atoms with Crippen molar-refractivity contribution in [3.63, 3.8) is 0 Å². The van der Waals surface area contributed by atoms with Gasteiger partial charge in [-0.3, -0.25) is 0 Å². The summed E-state index contributed by atoms with van der Waals surface area (Å²) >= 11 is 0. The number of hydrogen-bond acceptors (Lipinski definition) is 2. The Morgan fingerprint density at radius 2 is 1.64 bits per heavy atom. The van der Waals surface area contributed by atoms with Crippen molar-refractivity contribution in [2.45, 2.75) is 51.4 Å². The van der Waals surface area contributed by atoms with E-state index >= 15 is 0 Å². The van der Waals surface area contributed by atoms with Gasteiger partial charge >= 0.3 is 0 Å². The smallest absolute Gasteiger partial charge is 0.0431 e. The van der Waals surface area contributed by atoms with Gasteiger partial charge in [-0.1, -0.05) is 25.7 Å². The third-order valence-corrected chi connectivity index (χ3v) is 2.92. The van der Waals surface area contributed by atoms with Gasteiger partial charge in [0.2, 0.25) is 0 Å². The van der Waals surface area contributed by atoms with E-state index in [9.17, 15) is 0 Å². The number of rotatable bonds is 10. The van der Waals surface area contributed by atoms with Crippen LogP contribution in [0.2, 0.25) is 0 Å². The van der Waals surface area contributed by atoms with E-state index in [0.29, 0.717) is 6.61 Å². The van der Waals surface area contributed by atoms with Crippen molar-refractivity contribution in [2.24, 2.45) is 5.92 Å². The molecule has 0 radical (unpaired) electrons. The highest BCUT2D eigenvalue weighted by molar-refractivity contribution is 4.72. The van der Waals surface area contributed by atoms with Gasteiger partial charge in [0.25, 0.3) is 0 Å². The summed E-state index contributed by atoms with van der Waals surface area (Å²) in [5.41, 5.74) is 0. The summed E-state index contributed by atoms with van der Waals surface area (Å²) in [4.78, 5) is 0. The Kier molecular flexibility index (Phi) is 7.06. The molecule has 0 saturated heterocycles. The maximum Gasteiger partial charge on any atom is 0.0431 e. The van der Waals surface area contributed by atoms with Crippen LogP contribution in [0.1, 0.15) is 51.4 Å². The molecule has 0 amide bonds. The number of hydrogen-bond donors (Lipinski definition) is 2. The lowest BCUT2D eigenvalue weighted by Gasteiger charge is -2.03. The monoisotopic (exact) mass is 199 g/mol. The molecule has 0 aromatic heterocycles. The first-order valence-electron chi connectivity index (χ1n) is 6.25. The van der Waals surface area contributed by atoms with E-state index in [0.717, 1.165) is 18.9 Å². The number of nitrogens with one attached hydrogen (secondary N) is 1. The van der Waals surface area contributed by atoms with Gasteiger partial charge in [-0.05, 0) is 44.7 Å². The van der Waals surface area contributed by atoms with Crippen LogP contribution in [-0.4, -0.2) is 24.8 Å². The van der Waals surface area contributed by atoms with Gasteiger partial charge < -0.3 is 10.4 Å². The lowest BCUT2D eigenvalue weighted by molar-refractivity contribution is 0.282. The molecule has 14 heavy (non-hydrogen) atoms. The van der Waals surface area contributed by atoms with Crippen LogP contribution in [0, 0.1) is 5.92 Å². The predicted octanol–water partition coefficient (Wildman–Crippen LogP) is 2.32. The van der Waals surface area contributed by atoms with E-state index in [1.807, 2.05) is 0 Å². The standard InChI is InChI=1S/C12H25NO/c14-11-4-2-1-3-9-13-10-5-6-12-7-8-12/h12-14H,1-11H2. The van der Waals surface area contributed by atoms with Gasteiger partial charge in [0.1, 0.15) is 0 Å². The lowest BCUT2D eigenvalue weighted by atomic mass is 10.2. The van der Waals surface area contributed by atoms with Gasteiger partial charge in [0.05, 0.1) is 0 Å². The Morgan fingerprint density at radius 3 is 2.36 bits per heavy atom. The third-order valence-electron chi connectivity index (χ3n) is 2.92. The zero-order valence-corrected chi connectivity index (χ0v) is 9.30. The number of aliphatic hydroxyl groups excluding tert-OH is 1. The van der Waals surface area contributed by atoms with Crippen LogP contribution in [0.5, 0.6) is 0 Å². The number of aliphatic hydroxyl groups is 1. The molecule has 84 valence electrons. The summed E-state index contributed by atoms with van der Waals surface area (Å²) in [7, 11) is 0. The van der Waals surface area contributed by atoms with Gasteiger partial charge in [-0.25, -0.2) is 0 Å². The molecule has 1 fully saturated rings. The maximum absolute atomic E-state index is 8.58. The largest absolute Gasteiger partial charge is 0.396 e. The van der Waals surface area contributed by atoms with E-state index in [1.54, 1.807) is 0 Å². The molecule has 0 aromatic carbocycles. The molecule has 1 aliphatic carbocycles. The van der Waals surface area contributed by atoms with E-state index in [1.165, 1.54) is 51.5 Å². The molecular formula is C12H25NO. The average Bonchev–Trinajstić information content (AvgIpc) is 2.99. The highest BCUT2D eigenvalue weighted by Crippen LogP contribution is 2.33. The fraction of sp³-hybridized carbons (Fsp3) is 1.00. The first-order valence-corrected chi connectivity index (χ1v) is 6.25. The summed E-state index contributed by atoms with van der Waals surface area (Å²) < 4.78 is 0. The predicted molar refractivity (Wildman–Crippen MR) is 60.4 cm³/mol. The zero-order chi connectivity index (χ0) is 10.1. The average molecular weight is 199 g/mol. The Balaban J connectivity index is 1.63. The normalized spacial score (nSPS) is 16.1. The van der Waals surface area contributed by atoms with Crippen molar-refractivity contribution in [3.8, 4) is 0 Å². The highest BCUT2D eigenvalue weighted by atomic mass is 16.2. The minimum atomic E-state index is 0.356. The molecule has 0 heterocycles. The quantitative estimate of drug-likeness (QED) is 0.529. The molecule has 1 aliphatic rings. The summed E-state index contributed by atoms with van der Waals surface area (Å²) in [6.07, 6.45) is 10.5. The second kappa shape index (κ2) is 8.25. The van der Waals surface area contributed by atoms with Crippen molar-refractivity contribution in [2.75, 3.05) is 19.7 Å². The minimum absolute atomic E-state index is 0.356. The zero-order valence-electron chi connectivity index (χ0n) is 9.30. The van der Waals surface area contributed by atoms with Crippen LogP contribution in [0.4, 0.5) is 0 Å². The van der Waals surface area contributed by atoms with Crippen molar-refractivity contribution in [3.05, 3.63) is 0 Å². The minimum Gasteiger partial charge on any atom is -0.396 e. The fourth-order valence-electron chi connectivity index (χ4n) is 1.76. The molecule has 2 nitrogen and oxygen atoms in total. The SMILES string of the molecule is OCCCCCCNCCCC1CC1. The van der Waals surface area contributed by atoms with Crippen molar-refractivity contribution >= 4 is 0 Å². The molecule has 0 atom stereocenters. The molecular weight excluding hydrogens is 174 g/mol. The van der Waals surface area contributed by atoms with Crippen LogP contribution in [0.15, 0.2) is 0 Å². The van der Waals surface area contributed by atoms with E-state index in [4.69, 9.17) is 5.11 Å². The first-order chi connectivity index (χ1) is 6.93. The molecule has 2 N–H and O–H groups in total. The Labute approximate surface area is 88.1 Å². The molecule has 0 bridgehead atoms. The summed E-state index contributed by atoms with van der Waals surface area (Å²) in [6.45, 7) is 2.72. The van der Waals surface area contributed by atoms with E-state index < -0.39 is 0 Å². The molecule has 2 heteroatoms. The van der Waals surface area contributed by atoms with Crippen LogP contribution < -0.4 is 5.32 Å². The van der Waals surface area contributed by atoms with E-state index in [-0.39, 0.29) is 0 Å². The Hall–Kier alpha value is -0.0800. The maximum atomic E-state index is 8.58. The second-order valence-electron chi connectivity index (χ2n) is 4.47. The van der Waals surface area contributed by atoms with Gasteiger partial charge in [-0.15, -0.1) is 0 Å². The van der Waals surface area contributed by atoms with Crippen LogP contribution >= 0.6 is 0 Å². The van der Waals surface area contributed by atoms with Crippen LogP contribution in [0.25, 0.3) is 0 Å². The summed E-state index contributed by atoms with van der Waals surface area (Å²) in [5, 5.41) is 12.1.